The normalized spacial score (nSPS) is 10.4. The van der Waals surface area contributed by atoms with Gasteiger partial charge >= 0.3 is 5.88 Å². The van der Waals surface area contributed by atoms with E-state index < -0.39 is 22.6 Å². The van der Waals surface area contributed by atoms with Crippen LogP contribution in [-0.4, -0.2) is 50.8 Å². The lowest BCUT2D eigenvalue weighted by atomic mass is 10.1. The lowest BCUT2D eigenvalue weighted by molar-refractivity contribution is -0.402. The van der Waals surface area contributed by atoms with Crippen LogP contribution in [0.1, 0.15) is 16.1 Å². The van der Waals surface area contributed by atoms with Crippen LogP contribution >= 0.6 is 0 Å². The van der Waals surface area contributed by atoms with Crippen molar-refractivity contribution >= 4 is 23.9 Å². The highest BCUT2D eigenvalue weighted by Gasteiger charge is 2.17. The molecule has 12 nitrogen and oxygen atoms in total. The van der Waals surface area contributed by atoms with Crippen molar-refractivity contribution in [2.45, 2.75) is 0 Å². The van der Waals surface area contributed by atoms with Gasteiger partial charge in [0, 0.05) is 5.56 Å². The zero-order valence-electron chi connectivity index (χ0n) is 15.8. The van der Waals surface area contributed by atoms with Crippen LogP contribution in [0.2, 0.25) is 0 Å². The summed E-state index contributed by atoms with van der Waals surface area (Å²) in [6.45, 7) is -0.370. The number of carbonyl (C=O) groups excluding carboxylic acids is 2. The topological polar surface area (TPSA) is 155 Å². The summed E-state index contributed by atoms with van der Waals surface area (Å²) in [5.74, 6) is -0.629. The molecule has 12 heteroatoms. The molecule has 2 amide bonds. The number of methoxy groups -OCH3 is 3. The summed E-state index contributed by atoms with van der Waals surface area (Å²) in [5, 5.41) is 16.5. The van der Waals surface area contributed by atoms with Gasteiger partial charge < -0.3 is 23.9 Å². The van der Waals surface area contributed by atoms with E-state index in [1.165, 1.54) is 39.5 Å². The molecule has 0 aliphatic heterocycles. The minimum Gasteiger partial charge on any atom is -0.493 e. The van der Waals surface area contributed by atoms with Crippen molar-refractivity contribution in [3.63, 3.8) is 0 Å². The number of hydrogen-bond donors (Lipinski definition) is 2. The highest BCUT2D eigenvalue weighted by molar-refractivity contribution is 5.97. The molecule has 0 fully saturated rings. The predicted octanol–water partition coefficient (Wildman–Crippen LogP) is 1.09. The van der Waals surface area contributed by atoms with Crippen LogP contribution in [0.5, 0.6) is 17.2 Å². The highest BCUT2D eigenvalue weighted by atomic mass is 16.6. The van der Waals surface area contributed by atoms with E-state index in [4.69, 9.17) is 18.6 Å². The number of carbonyl (C=O) groups is 2. The largest absolute Gasteiger partial charge is 0.493 e. The second-order valence-corrected chi connectivity index (χ2v) is 5.32. The van der Waals surface area contributed by atoms with Gasteiger partial charge in [-0.05, 0) is 18.2 Å². The first-order valence-corrected chi connectivity index (χ1v) is 8.04. The van der Waals surface area contributed by atoms with Crippen molar-refractivity contribution in [2.75, 3.05) is 27.9 Å². The maximum absolute atomic E-state index is 12.3. The second-order valence-electron chi connectivity index (χ2n) is 5.32. The molecule has 0 saturated heterocycles. The third-order valence-electron chi connectivity index (χ3n) is 3.51. The third-order valence-corrected chi connectivity index (χ3v) is 3.51. The van der Waals surface area contributed by atoms with E-state index in [1.54, 1.807) is 0 Å². The molecule has 0 radical (unpaired) electrons. The van der Waals surface area contributed by atoms with Gasteiger partial charge in [-0.25, -0.2) is 5.43 Å². The molecule has 154 valence electrons. The molecule has 0 aliphatic carbocycles. The summed E-state index contributed by atoms with van der Waals surface area (Å²) in [5.41, 5.74) is 2.35. The SMILES string of the molecule is COc1cc(C(=O)NCC(=O)N/N=C\c2ccc([N+](=O)[O-])o2)cc(OC)c1OC. The van der Waals surface area contributed by atoms with Crippen molar-refractivity contribution in [2.24, 2.45) is 5.10 Å². The Morgan fingerprint density at radius 3 is 2.34 bits per heavy atom. The summed E-state index contributed by atoms with van der Waals surface area (Å²) in [6.07, 6.45) is 1.09. The highest BCUT2D eigenvalue weighted by Crippen LogP contribution is 2.38. The van der Waals surface area contributed by atoms with Gasteiger partial charge in [-0.2, -0.15) is 5.10 Å². The zero-order valence-corrected chi connectivity index (χ0v) is 15.8. The standard InChI is InChI=1S/C17H18N4O8/c1-26-12-6-10(7-13(27-2)16(12)28-3)17(23)18-9-14(22)20-19-8-11-4-5-15(29-11)21(24)25/h4-8H,9H2,1-3H3,(H,18,23)(H,20,22)/b19-8-. The Morgan fingerprint density at radius 1 is 1.17 bits per heavy atom. The van der Waals surface area contributed by atoms with Crippen molar-refractivity contribution < 1.29 is 33.1 Å². The van der Waals surface area contributed by atoms with Crippen LogP contribution in [0.25, 0.3) is 0 Å². The number of benzene rings is 1. The molecule has 0 unspecified atom stereocenters. The van der Waals surface area contributed by atoms with E-state index in [-0.39, 0.29) is 17.9 Å². The predicted molar refractivity (Wildman–Crippen MR) is 99.5 cm³/mol. The van der Waals surface area contributed by atoms with E-state index in [2.05, 4.69) is 15.8 Å². The molecular formula is C17H18N4O8. The van der Waals surface area contributed by atoms with Crippen LogP contribution in [0.4, 0.5) is 5.88 Å². The molecule has 2 N–H and O–H groups in total. The average Bonchev–Trinajstić information content (AvgIpc) is 3.20. The lowest BCUT2D eigenvalue weighted by Gasteiger charge is -2.13. The van der Waals surface area contributed by atoms with Crippen molar-refractivity contribution in [1.29, 1.82) is 0 Å². The number of nitrogens with zero attached hydrogens (tertiary/aromatic N) is 2. The smallest absolute Gasteiger partial charge is 0.433 e. The molecule has 29 heavy (non-hydrogen) atoms. The number of hydrazone groups is 1. The van der Waals surface area contributed by atoms with E-state index in [0.29, 0.717) is 17.2 Å². The number of nitrogens with one attached hydrogen (secondary N) is 2. The summed E-state index contributed by atoms with van der Waals surface area (Å²) in [7, 11) is 4.27. The number of rotatable bonds is 9. The average molecular weight is 406 g/mol. The zero-order chi connectivity index (χ0) is 21.4. The van der Waals surface area contributed by atoms with Gasteiger partial charge in [0.05, 0.1) is 40.2 Å². The molecule has 0 aliphatic rings. The molecule has 0 atom stereocenters. The summed E-state index contributed by atoms with van der Waals surface area (Å²) in [4.78, 5) is 33.9. The number of furan rings is 1. The van der Waals surface area contributed by atoms with Gasteiger partial charge in [0.2, 0.25) is 5.75 Å². The van der Waals surface area contributed by atoms with Gasteiger partial charge in [-0.15, -0.1) is 0 Å². The summed E-state index contributed by atoms with van der Waals surface area (Å²) in [6, 6.07) is 5.36. The quantitative estimate of drug-likeness (QED) is 0.356. The van der Waals surface area contributed by atoms with Crippen LogP contribution < -0.4 is 25.0 Å². The Morgan fingerprint density at radius 2 is 1.83 bits per heavy atom. The van der Waals surface area contributed by atoms with Crippen LogP contribution in [0, 0.1) is 10.1 Å². The molecule has 2 rings (SSSR count). The third kappa shape index (κ3) is 5.45. The first-order chi connectivity index (χ1) is 13.9. The van der Waals surface area contributed by atoms with E-state index >= 15 is 0 Å². The Hall–Kier alpha value is -4.09. The number of hydrogen-bond acceptors (Lipinski definition) is 9. The first-order valence-electron chi connectivity index (χ1n) is 8.04. The molecule has 2 aromatic rings. The minimum absolute atomic E-state index is 0.0819. The van der Waals surface area contributed by atoms with Gasteiger partial charge in [0.25, 0.3) is 11.8 Å². The fourth-order valence-electron chi connectivity index (χ4n) is 2.19. The first kappa shape index (κ1) is 21.2. The minimum atomic E-state index is -0.700. The fraction of sp³-hybridized carbons (Fsp3) is 0.235. The number of nitro groups is 1. The molecule has 1 aromatic carbocycles. The Balaban J connectivity index is 1.93. The fourth-order valence-corrected chi connectivity index (χ4v) is 2.19. The van der Waals surface area contributed by atoms with E-state index in [9.17, 15) is 19.7 Å². The van der Waals surface area contributed by atoms with Gasteiger partial charge in [0.15, 0.2) is 17.3 Å². The molecule has 1 aromatic heterocycles. The van der Waals surface area contributed by atoms with E-state index in [0.717, 1.165) is 12.3 Å². The summed E-state index contributed by atoms with van der Waals surface area (Å²) < 4.78 is 20.4. The number of ether oxygens (including phenoxy) is 3. The lowest BCUT2D eigenvalue weighted by Crippen LogP contribution is -2.34. The molecule has 0 spiro atoms. The van der Waals surface area contributed by atoms with Crippen LogP contribution in [0.15, 0.2) is 33.8 Å². The van der Waals surface area contributed by atoms with Gasteiger partial charge in [-0.3, -0.25) is 19.7 Å². The molecule has 1 heterocycles. The molecule has 0 saturated carbocycles. The summed E-state index contributed by atoms with van der Waals surface area (Å²) >= 11 is 0. The van der Waals surface area contributed by atoms with E-state index in [1.807, 2.05) is 0 Å². The van der Waals surface area contributed by atoms with Crippen LogP contribution in [-0.2, 0) is 4.79 Å². The van der Waals surface area contributed by atoms with Crippen molar-refractivity contribution in [3.05, 3.63) is 45.7 Å². The van der Waals surface area contributed by atoms with Crippen molar-refractivity contribution in [3.8, 4) is 17.2 Å². The van der Waals surface area contributed by atoms with Gasteiger partial charge in [0.1, 0.15) is 4.92 Å². The Bertz CT molecular complexity index is 912. The maximum atomic E-state index is 12.3. The second kappa shape index (κ2) is 9.73. The molecule has 0 bridgehead atoms. The molecular weight excluding hydrogens is 388 g/mol. The van der Waals surface area contributed by atoms with Crippen molar-refractivity contribution in [1.82, 2.24) is 10.7 Å². The monoisotopic (exact) mass is 406 g/mol. The number of amides is 2. The Kier molecular flexibility index (Phi) is 7.12. The van der Waals surface area contributed by atoms with Crippen LogP contribution in [0.3, 0.4) is 0 Å². The Labute approximate surface area is 164 Å². The maximum Gasteiger partial charge on any atom is 0.433 e. The van der Waals surface area contributed by atoms with Gasteiger partial charge in [-0.1, -0.05) is 0 Å².